The zero-order valence-electron chi connectivity index (χ0n) is 16.3. The SMILES string of the molecule is COc1cccc(-c2noc(NCc3ccc(N4CCC(C)CC4)nc3)n2)c1. The lowest BCUT2D eigenvalue weighted by atomic mass is 9.99. The fourth-order valence-corrected chi connectivity index (χ4v) is 3.30. The van der Waals surface area contributed by atoms with Crippen molar-refractivity contribution in [1.82, 2.24) is 15.1 Å². The van der Waals surface area contributed by atoms with Gasteiger partial charge >= 0.3 is 6.01 Å². The summed E-state index contributed by atoms with van der Waals surface area (Å²) in [7, 11) is 1.63. The van der Waals surface area contributed by atoms with Crippen LogP contribution in [0.15, 0.2) is 47.1 Å². The fraction of sp³-hybridized carbons (Fsp3) is 0.381. The maximum Gasteiger partial charge on any atom is 0.322 e. The van der Waals surface area contributed by atoms with Crippen molar-refractivity contribution in [1.29, 1.82) is 0 Å². The summed E-state index contributed by atoms with van der Waals surface area (Å²) >= 11 is 0. The van der Waals surface area contributed by atoms with Gasteiger partial charge in [0.25, 0.3) is 0 Å². The number of rotatable bonds is 6. The highest BCUT2D eigenvalue weighted by atomic mass is 16.5. The largest absolute Gasteiger partial charge is 0.497 e. The van der Waals surface area contributed by atoms with Crippen molar-refractivity contribution in [2.45, 2.75) is 26.3 Å². The van der Waals surface area contributed by atoms with Gasteiger partial charge in [-0.15, -0.1) is 0 Å². The van der Waals surface area contributed by atoms with Crippen LogP contribution in [0.4, 0.5) is 11.8 Å². The van der Waals surface area contributed by atoms with Gasteiger partial charge in [0, 0.05) is 31.4 Å². The minimum atomic E-state index is 0.381. The predicted molar refractivity (Wildman–Crippen MR) is 108 cm³/mol. The Morgan fingerprint density at radius 3 is 2.82 bits per heavy atom. The highest BCUT2D eigenvalue weighted by Crippen LogP contribution is 2.23. The normalized spacial score (nSPS) is 14.9. The maximum absolute atomic E-state index is 5.30. The van der Waals surface area contributed by atoms with Crippen LogP contribution in [0, 0.1) is 5.92 Å². The lowest BCUT2D eigenvalue weighted by Gasteiger charge is -2.31. The van der Waals surface area contributed by atoms with Gasteiger partial charge in [0.1, 0.15) is 11.6 Å². The number of methoxy groups -OCH3 is 1. The Hall–Kier alpha value is -3.09. The number of pyridine rings is 1. The summed E-state index contributed by atoms with van der Waals surface area (Å²) in [5.74, 6) is 3.14. The lowest BCUT2D eigenvalue weighted by Crippen LogP contribution is -2.33. The Morgan fingerprint density at radius 2 is 2.07 bits per heavy atom. The Bertz CT molecular complexity index is 901. The molecule has 0 aliphatic carbocycles. The number of anilines is 2. The molecule has 0 atom stereocenters. The molecule has 0 saturated carbocycles. The Labute approximate surface area is 164 Å². The topological polar surface area (TPSA) is 76.3 Å². The minimum Gasteiger partial charge on any atom is -0.497 e. The Morgan fingerprint density at radius 1 is 1.21 bits per heavy atom. The van der Waals surface area contributed by atoms with Crippen LogP contribution in [0.5, 0.6) is 5.75 Å². The molecule has 1 saturated heterocycles. The lowest BCUT2D eigenvalue weighted by molar-refractivity contribution is 0.414. The van der Waals surface area contributed by atoms with Gasteiger partial charge in [0.15, 0.2) is 0 Å². The van der Waals surface area contributed by atoms with Gasteiger partial charge in [-0.2, -0.15) is 4.98 Å². The van der Waals surface area contributed by atoms with Crippen molar-refractivity contribution in [3.05, 3.63) is 48.2 Å². The van der Waals surface area contributed by atoms with Crippen LogP contribution in [0.1, 0.15) is 25.3 Å². The molecular formula is C21H25N5O2. The van der Waals surface area contributed by atoms with E-state index in [0.29, 0.717) is 18.4 Å². The first-order valence-electron chi connectivity index (χ1n) is 9.63. The number of ether oxygens (including phenoxy) is 1. The molecule has 28 heavy (non-hydrogen) atoms. The number of hydrogen-bond donors (Lipinski definition) is 1. The molecule has 2 aromatic heterocycles. The second-order valence-corrected chi connectivity index (χ2v) is 7.20. The van der Waals surface area contributed by atoms with Crippen molar-refractivity contribution in [3.8, 4) is 17.1 Å². The number of nitrogens with zero attached hydrogens (tertiary/aromatic N) is 4. The standard InChI is InChI=1S/C21H25N5O2/c1-15-8-10-26(11-9-15)19-7-6-16(13-22-19)14-23-21-24-20(25-28-21)17-4-3-5-18(12-17)27-2/h3-7,12-13,15H,8-11,14H2,1-2H3,(H,23,24,25). The van der Waals surface area contributed by atoms with Crippen LogP contribution in [0.2, 0.25) is 0 Å². The van der Waals surface area contributed by atoms with Gasteiger partial charge in [-0.05, 0) is 42.5 Å². The number of hydrogen-bond acceptors (Lipinski definition) is 7. The number of aromatic nitrogens is 3. The van der Waals surface area contributed by atoms with E-state index in [1.54, 1.807) is 7.11 Å². The van der Waals surface area contributed by atoms with Crippen LogP contribution < -0.4 is 15.0 Å². The third-order valence-electron chi connectivity index (χ3n) is 5.11. The van der Waals surface area contributed by atoms with Crippen molar-refractivity contribution < 1.29 is 9.26 Å². The van der Waals surface area contributed by atoms with Gasteiger partial charge in [0.05, 0.1) is 7.11 Å². The zero-order chi connectivity index (χ0) is 19.3. The van der Waals surface area contributed by atoms with E-state index >= 15 is 0 Å². The molecule has 1 fully saturated rings. The molecule has 0 radical (unpaired) electrons. The van der Waals surface area contributed by atoms with E-state index in [0.717, 1.165) is 41.7 Å². The third-order valence-corrected chi connectivity index (χ3v) is 5.11. The first-order valence-corrected chi connectivity index (χ1v) is 9.63. The van der Waals surface area contributed by atoms with E-state index < -0.39 is 0 Å². The molecule has 0 amide bonds. The monoisotopic (exact) mass is 379 g/mol. The summed E-state index contributed by atoms with van der Waals surface area (Å²) in [5, 5.41) is 7.19. The summed E-state index contributed by atoms with van der Waals surface area (Å²) in [6.45, 7) is 5.06. The quantitative estimate of drug-likeness (QED) is 0.694. The molecule has 7 nitrogen and oxygen atoms in total. The van der Waals surface area contributed by atoms with Crippen molar-refractivity contribution in [2.24, 2.45) is 5.92 Å². The van der Waals surface area contributed by atoms with Crippen LogP contribution in [0.3, 0.4) is 0 Å². The van der Waals surface area contributed by atoms with Gasteiger partial charge in [-0.25, -0.2) is 4.98 Å². The molecule has 0 unspecified atom stereocenters. The van der Waals surface area contributed by atoms with Gasteiger partial charge in [-0.3, -0.25) is 0 Å². The molecule has 3 aromatic rings. The Balaban J connectivity index is 1.35. The molecule has 1 aromatic carbocycles. The van der Waals surface area contributed by atoms with E-state index in [1.165, 1.54) is 12.8 Å². The van der Waals surface area contributed by atoms with Crippen molar-refractivity contribution in [2.75, 3.05) is 30.4 Å². The van der Waals surface area contributed by atoms with Crippen LogP contribution in [-0.4, -0.2) is 35.3 Å². The van der Waals surface area contributed by atoms with E-state index in [1.807, 2.05) is 30.5 Å². The van der Waals surface area contributed by atoms with Crippen molar-refractivity contribution in [3.63, 3.8) is 0 Å². The summed E-state index contributed by atoms with van der Waals surface area (Å²) in [5.41, 5.74) is 1.91. The average Bonchev–Trinajstić information content (AvgIpc) is 3.22. The van der Waals surface area contributed by atoms with E-state index in [9.17, 15) is 0 Å². The molecule has 0 spiro atoms. The molecule has 7 heteroatoms. The minimum absolute atomic E-state index is 0.381. The third kappa shape index (κ3) is 4.24. The molecule has 146 valence electrons. The summed E-state index contributed by atoms with van der Waals surface area (Å²) in [4.78, 5) is 11.4. The molecule has 1 N–H and O–H groups in total. The molecular weight excluding hydrogens is 354 g/mol. The smallest absolute Gasteiger partial charge is 0.322 e. The first kappa shape index (κ1) is 18.3. The van der Waals surface area contributed by atoms with Crippen LogP contribution >= 0.6 is 0 Å². The number of nitrogens with one attached hydrogen (secondary N) is 1. The predicted octanol–water partition coefficient (Wildman–Crippen LogP) is 3.99. The van der Waals surface area contributed by atoms with Crippen LogP contribution in [0.25, 0.3) is 11.4 Å². The van der Waals surface area contributed by atoms with Crippen molar-refractivity contribution >= 4 is 11.8 Å². The molecule has 0 bridgehead atoms. The van der Waals surface area contributed by atoms with Gasteiger partial charge < -0.3 is 19.5 Å². The second kappa shape index (κ2) is 8.29. The molecule has 1 aliphatic heterocycles. The highest BCUT2D eigenvalue weighted by molar-refractivity contribution is 5.57. The average molecular weight is 379 g/mol. The fourth-order valence-electron chi connectivity index (χ4n) is 3.30. The second-order valence-electron chi connectivity index (χ2n) is 7.20. The Kier molecular flexibility index (Phi) is 5.41. The van der Waals surface area contributed by atoms with Gasteiger partial charge in [0.2, 0.25) is 5.82 Å². The first-order chi connectivity index (χ1) is 13.7. The van der Waals surface area contributed by atoms with E-state index in [2.05, 4.69) is 44.4 Å². The highest BCUT2D eigenvalue weighted by Gasteiger charge is 2.16. The van der Waals surface area contributed by atoms with Crippen LogP contribution in [-0.2, 0) is 6.54 Å². The van der Waals surface area contributed by atoms with E-state index in [4.69, 9.17) is 9.26 Å². The number of piperidine rings is 1. The molecule has 3 heterocycles. The summed E-state index contributed by atoms with van der Waals surface area (Å²) in [6, 6.07) is 12.1. The summed E-state index contributed by atoms with van der Waals surface area (Å²) < 4.78 is 10.5. The number of benzene rings is 1. The maximum atomic E-state index is 5.30. The molecule has 4 rings (SSSR count). The molecule has 1 aliphatic rings. The zero-order valence-corrected chi connectivity index (χ0v) is 16.3. The van der Waals surface area contributed by atoms with Gasteiger partial charge in [-0.1, -0.05) is 30.3 Å². The van der Waals surface area contributed by atoms with E-state index in [-0.39, 0.29) is 0 Å². The summed E-state index contributed by atoms with van der Waals surface area (Å²) in [6.07, 6.45) is 4.37.